The standard InChI is InChI=1S/C23H29NO4/c1-17(10-11-18-8-6-5-7-9-18)14-23(25)24-13-12-20-21(27-3)15-19(26-2)16-22(20)28-4/h5-9,14-16H,10-13H2,1-4H3,(H,24,25). The van der Waals surface area contributed by atoms with Crippen LogP contribution in [0.1, 0.15) is 24.5 Å². The topological polar surface area (TPSA) is 56.8 Å². The smallest absolute Gasteiger partial charge is 0.243 e. The van der Waals surface area contributed by atoms with Gasteiger partial charge in [0.1, 0.15) is 17.2 Å². The number of amides is 1. The molecule has 28 heavy (non-hydrogen) atoms. The minimum atomic E-state index is -0.0861. The zero-order chi connectivity index (χ0) is 20.4. The number of nitrogens with one attached hydrogen (secondary N) is 1. The second-order valence-electron chi connectivity index (χ2n) is 6.53. The molecule has 0 radical (unpaired) electrons. The number of carbonyl (C=O) groups excluding carboxylic acids is 1. The SMILES string of the molecule is COc1cc(OC)c(CCNC(=O)C=C(C)CCc2ccccc2)c(OC)c1. The highest BCUT2D eigenvalue weighted by Gasteiger charge is 2.13. The van der Waals surface area contributed by atoms with Crippen LogP contribution in [0.15, 0.2) is 54.1 Å². The van der Waals surface area contributed by atoms with Gasteiger partial charge in [0.05, 0.1) is 21.3 Å². The minimum Gasteiger partial charge on any atom is -0.496 e. The van der Waals surface area contributed by atoms with E-state index >= 15 is 0 Å². The fraction of sp³-hybridized carbons (Fsp3) is 0.348. The number of methoxy groups -OCH3 is 3. The molecular formula is C23H29NO4. The zero-order valence-electron chi connectivity index (χ0n) is 17.1. The predicted molar refractivity (Wildman–Crippen MR) is 111 cm³/mol. The van der Waals surface area contributed by atoms with Crippen molar-refractivity contribution in [3.8, 4) is 17.2 Å². The molecule has 1 amide bonds. The molecule has 0 spiro atoms. The summed E-state index contributed by atoms with van der Waals surface area (Å²) in [5.41, 5.74) is 3.23. The van der Waals surface area contributed by atoms with E-state index in [9.17, 15) is 4.79 Å². The van der Waals surface area contributed by atoms with E-state index in [1.165, 1.54) is 5.56 Å². The molecule has 150 valence electrons. The van der Waals surface area contributed by atoms with E-state index < -0.39 is 0 Å². The number of rotatable bonds is 10. The number of aryl methyl sites for hydroxylation is 1. The number of benzene rings is 2. The molecule has 0 aromatic heterocycles. The van der Waals surface area contributed by atoms with Crippen LogP contribution < -0.4 is 19.5 Å². The molecular weight excluding hydrogens is 354 g/mol. The van der Waals surface area contributed by atoms with E-state index in [1.54, 1.807) is 27.4 Å². The van der Waals surface area contributed by atoms with Crippen molar-refractivity contribution in [2.24, 2.45) is 0 Å². The highest BCUT2D eigenvalue weighted by atomic mass is 16.5. The maximum absolute atomic E-state index is 12.2. The van der Waals surface area contributed by atoms with Crippen LogP contribution in [0.25, 0.3) is 0 Å². The molecule has 0 aliphatic rings. The van der Waals surface area contributed by atoms with Gasteiger partial charge in [0, 0.05) is 30.3 Å². The van der Waals surface area contributed by atoms with Crippen molar-refractivity contribution in [2.75, 3.05) is 27.9 Å². The summed E-state index contributed by atoms with van der Waals surface area (Å²) in [5.74, 6) is 1.94. The van der Waals surface area contributed by atoms with Crippen LogP contribution in [0.3, 0.4) is 0 Å². The van der Waals surface area contributed by atoms with E-state index in [2.05, 4.69) is 17.4 Å². The Balaban J connectivity index is 1.89. The summed E-state index contributed by atoms with van der Waals surface area (Å²) in [7, 11) is 4.81. The molecule has 0 heterocycles. The van der Waals surface area contributed by atoms with Crippen molar-refractivity contribution in [3.05, 3.63) is 65.2 Å². The molecule has 0 aliphatic heterocycles. The van der Waals surface area contributed by atoms with Gasteiger partial charge in [0.15, 0.2) is 0 Å². The van der Waals surface area contributed by atoms with Crippen molar-refractivity contribution < 1.29 is 19.0 Å². The van der Waals surface area contributed by atoms with E-state index in [0.717, 1.165) is 24.0 Å². The van der Waals surface area contributed by atoms with Crippen LogP contribution in [0, 0.1) is 0 Å². The Hall–Kier alpha value is -2.95. The van der Waals surface area contributed by atoms with Gasteiger partial charge in [0.2, 0.25) is 5.91 Å². The summed E-state index contributed by atoms with van der Waals surface area (Å²) in [6.07, 6.45) is 4.05. The fourth-order valence-corrected chi connectivity index (χ4v) is 2.97. The van der Waals surface area contributed by atoms with Crippen molar-refractivity contribution in [1.29, 1.82) is 0 Å². The van der Waals surface area contributed by atoms with E-state index in [0.29, 0.717) is 30.2 Å². The summed E-state index contributed by atoms with van der Waals surface area (Å²) < 4.78 is 16.1. The second-order valence-corrected chi connectivity index (χ2v) is 6.53. The lowest BCUT2D eigenvalue weighted by Gasteiger charge is -2.15. The second kappa shape index (κ2) is 11.0. The Labute approximate surface area is 167 Å². The van der Waals surface area contributed by atoms with Crippen molar-refractivity contribution in [3.63, 3.8) is 0 Å². The summed E-state index contributed by atoms with van der Waals surface area (Å²) in [4.78, 5) is 12.2. The summed E-state index contributed by atoms with van der Waals surface area (Å²) in [5, 5.41) is 2.93. The monoisotopic (exact) mass is 383 g/mol. The van der Waals surface area contributed by atoms with Gasteiger partial charge in [0.25, 0.3) is 0 Å². The van der Waals surface area contributed by atoms with E-state index in [4.69, 9.17) is 14.2 Å². The molecule has 2 aromatic rings. The van der Waals surface area contributed by atoms with Gasteiger partial charge in [-0.1, -0.05) is 35.9 Å². The van der Waals surface area contributed by atoms with Gasteiger partial charge in [-0.3, -0.25) is 4.79 Å². The molecule has 0 bridgehead atoms. The third-order valence-corrected chi connectivity index (χ3v) is 4.52. The highest BCUT2D eigenvalue weighted by Crippen LogP contribution is 2.34. The molecule has 0 fully saturated rings. The molecule has 1 N–H and O–H groups in total. The van der Waals surface area contributed by atoms with Crippen LogP contribution in [0.4, 0.5) is 0 Å². The van der Waals surface area contributed by atoms with Crippen molar-refractivity contribution in [2.45, 2.75) is 26.2 Å². The lowest BCUT2D eigenvalue weighted by Crippen LogP contribution is -2.24. The number of carbonyl (C=O) groups is 1. The Morgan fingerprint density at radius 2 is 1.61 bits per heavy atom. The first-order valence-corrected chi connectivity index (χ1v) is 9.35. The molecule has 5 heteroatoms. The molecule has 2 rings (SSSR count). The van der Waals surface area contributed by atoms with Crippen molar-refractivity contribution >= 4 is 5.91 Å². The van der Waals surface area contributed by atoms with Crippen LogP contribution in [0.5, 0.6) is 17.2 Å². The summed E-state index contributed by atoms with van der Waals surface area (Å²) in [6.45, 7) is 2.47. The minimum absolute atomic E-state index is 0.0861. The third-order valence-electron chi connectivity index (χ3n) is 4.52. The van der Waals surface area contributed by atoms with E-state index in [1.807, 2.05) is 37.3 Å². The Kier molecular flexibility index (Phi) is 8.40. The third kappa shape index (κ3) is 6.34. The zero-order valence-corrected chi connectivity index (χ0v) is 17.1. The highest BCUT2D eigenvalue weighted by molar-refractivity contribution is 5.88. The lowest BCUT2D eigenvalue weighted by molar-refractivity contribution is -0.116. The average molecular weight is 383 g/mol. The predicted octanol–water partition coefficient (Wildman–Crippen LogP) is 3.95. The maximum Gasteiger partial charge on any atom is 0.243 e. The largest absolute Gasteiger partial charge is 0.496 e. The van der Waals surface area contributed by atoms with E-state index in [-0.39, 0.29) is 5.91 Å². The van der Waals surface area contributed by atoms with Crippen LogP contribution >= 0.6 is 0 Å². The van der Waals surface area contributed by atoms with Gasteiger partial charge < -0.3 is 19.5 Å². The fourth-order valence-electron chi connectivity index (χ4n) is 2.97. The van der Waals surface area contributed by atoms with Crippen molar-refractivity contribution in [1.82, 2.24) is 5.32 Å². The lowest BCUT2D eigenvalue weighted by atomic mass is 10.1. The first kappa shape index (κ1) is 21.4. The number of allylic oxidation sites excluding steroid dienone is 1. The molecule has 0 atom stereocenters. The Bertz CT molecular complexity index is 774. The number of hydrogen-bond acceptors (Lipinski definition) is 4. The van der Waals surface area contributed by atoms with Gasteiger partial charge in [-0.15, -0.1) is 0 Å². The van der Waals surface area contributed by atoms with Gasteiger partial charge in [-0.2, -0.15) is 0 Å². The first-order chi connectivity index (χ1) is 13.6. The van der Waals surface area contributed by atoms with Gasteiger partial charge in [-0.25, -0.2) is 0 Å². The quantitative estimate of drug-likeness (QED) is 0.631. The number of ether oxygens (including phenoxy) is 3. The van der Waals surface area contributed by atoms with Crippen LogP contribution in [-0.4, -0.2) is 33.8 Å². The number of hydrogen-bond donors (Lipinski definition) is 1. The van der Waals surface area contributed by atoms with Crippen LogP contribution in [-0.2, 0) is 17.6 Å². The first-order valence-electron chi connectivity index (χ1n) is 9.35. The Morgan fingerprint density at radius 3 is 2.18 bits per heavy atom. The maximum atomic E-state index is 12.2. The molecule has 0 aliphatic carbocycles. The van der Waals surface area contributed by atoms with Crippen LogP contribution in [0.2, 0.25) is 0 Å². The molecule has 5 nitrogen and oxygen atoms in total. The average Bonchev–Trinajstić information content (AvgIpc) is 2.72. The molecule has 2 aromatic carbocycles. The normalized spacial score (nSPS) is 11.1. The summed E-state index contributed by atoms with van der Waals surface area (Å²) in [6, 6.07) is 13.9. The van der Waals surface area contributed by atoms with Gasteiger partial charge >= 0.3 is 0 Å². The molecule has 0 saturated heterocycles. The van der Waals surface area contributed by atoms with Gasteiger partial charge in [-0.05, 0) is 31.7 Å². The molecule has 0 saturated carbocycles. The Morgan fingerprint density at radius 1 is 0.964 bits per heavy atom. The summed E-state index contributed by atoms with van der Waals surface area (Å²) >= 11 is 0. The molecule has 0 unspecified atom stereocenters.